The van der Waals surface area contributed by atoms with E-state index in [1.165, 1.54) is 5.56 Å². The maximum absolute atomic E-state index is 6.18. The van der Waals surface area contributed by atoms with E-state index in [0.717, 1.165) is 22.3 Å². The summed E-state index contributed by atoms with van der Waals surface area (Å²) in [7, 11) is 0. The standard InChI is InChI=1S/C16H13ClN2/c1-11-5-4-6-12-14(9-10-18-16(11)12)19-15-8-3-2-7-13(15)17/h2-10H,1H3,(H,18,19). The molecule has 0 fully saturated rings. The average molecular weight is 269 g/mol. The van der Waals surface area contributed by atoms with Crippen molar-refractivity contribution in [2.75, 3.05) is 5.32 Å². The van der Waals surface area contributed by atoms with Crippen LogP contribution in [0, 0.1) is 6.92 Å². The van der Waals surface area contributed by atoms with Gasteiger partial charge in [0.2, 0.25) is 0 Å². The third-order valence-electron chi connectivity index (χ3n) is 3.12. The number of halogens is 1. The van der Waals surface area contributed by atoms with Crippen molar-refractivity contribution in [2.45, 2.75) is 6.92 Å². The van der Waals surface area contributed by atoms with Gasteiger partial charge in [0, 0.05) is 17.3 Å². The maximum Gasteiger partial charge on any atom is 0.0751 e. The van der Waals surface area contributed by atoms with Crippen LogP contribution in [0.1, 0.15) is 5.56 Å². The second-order valence-corrected chi connectivity index (χ2v) is 4.84. The normalized spacial score (nSPS) is 10.6. The van der Waals surface area contributed by atoms with Crippen LogP contribution >= 0.6 is 11.6 Å². The van der Waals surface area contributed by atoms with E-state index in [4.69, 9.17) is 11.6 Å². The quantitative estimate of drug-likeness (QED) is 0.712. The molecule has 3 aromatic rings. The summed E-state index contributed by atoms with van der Waals surface area (Å²) < 4.78 is 0. The van der Waals surface area contributed by atoms with Gasteiger partial charge >= 0.3 is 0 Å². The van der Waals surface area contributed by atoms with Gasteiger partial charge < -0.3 is 5.32 Å². The SMILES string of the molecule is Cc1cccc2c(Nc3ccccc3Cl)ccnc12. The minimum absolute atomic E-state index is 0.708. The number of para-hydroxylation sites is 2. The molecule has 0 spiro atoms. The zero-order valence-corrected chi connectivity index (χ0v) is 11.3. The van der Waals surface area contributed by atoms with Crippen molar-refractivity contribution in [2.24, 2.45) is 0 Å². The van der Waals surface area contributed by atoms with E-state index >= 15 is 0 Å². The van der Waals surface area contributed by atoms with Crippen LogP contribution in [0.4, 0.5) is 11.4 Å². The molecule has 19 heavy (non-hydrogen) atoms. The zero-order valence-electron chi connectivity index (χ0n) is 10.5. The molecule has 0 unspecified atom stereocenters. The van der Waals surface area contributed by atoms with Gasteiger partial charge in [-0.2, -0.15) is 0 Å². The Morgan fingerprint density at radius 2 is 1.79 bits per heavy atom. The summed E-state index contributed by atoms with van der Waals surface area (Å²) in [6.45, 7) is 2.06. The van der Waals surface area contributed by atoms with Gasteiger partial charge in [0.15, 0.2) is 0 Å². The number of pyridine rings is 1. The van der Waals surface area contributed by atoms with Gasteiger partial charge in [-0.3, -0.25) is 4.98 Å². The van der Waals surface area contributed by atoms with Gasteiger partial charge in [-0.25, -0.2) is 0 Å². The predicted octanol–water partition coefficient (Wildman–Crippen LogP) is 4.94. The number of nitrogens with one attached hydrogen (secondary N) is 1. The van der Waals surface area contributed by atoms with Crippen LogP contribution in [0.15, 0.2) is 54.7 Å². The Morgan fingerprint density at radius 3 is 2.63 bits per heavy atom. The number of nitrogens with zero attached hydrogens (tertiary/aromatic N) is 1. The highest BCUT2D eigenvalue weighted by molar-refractivity contribution is 6.33. The Hall–Kier alpha value is -2.06. The highest BCUT2D eigenvalue weighted by Gasteiger charge is 2.05. The second-order valence-electron chi connectivity index (χ2n) is 4.43. The molecule has 94 valence electrons. The monoisotopic (exact) mass is 268 g/mol. The van der Waals surface area contributed by atoms with Gasteiger partial charge in [-0.15, -0.1) is 0 Å². The first-order valence-electron chi connectivity index (χ1n) is 6.11. The molecule has 3 heteroatoms. The number of benzene rings is 2. The highest BCUT2D eigenvalue weighted by atomic mass is 35.5. The lowest BCUT2D eigenvalue weighted by molar-refractivity contribution is 1.36. The van der Waals surface area contributed by atoms with E-state index in [2.05, 4.69) is 29.4 Å². The van der Waals surface area contributed by atoms with Crippen molar-refractivity contribution in [1.82, 2.24) is 4.98 Å². The molecule has 1 aromatic heterocycles. The number of aromatic nitrogens is 1. The van der Waals surface area contributed by atoms with Gasteiger partial charge in [-0.05, 0) is 30.7 Å². The topological polar surface area (TPSA) is 24.9 Å². The predicted molar refractivity (Wildman–Crippen MR) is 81.2 cm³/mol. The summed E-state index contributed by atoms with van der Waals surface area (Å²) in [6, 6.07) is 15.8. The van der Waals surface area contributed by atoms with E-state index in [1.54, 1.807) is 0 Å². The molecule has 1 N–H and O–H groups in total. The number of anilines is 2. The largest absolute Gasteiger partial charge is 0.354 e. The Morgan fingerprint density at radius 1 is 0.947 bits per heavy atom. The first-order valence-corrected chi connectivity index (χ1v) is 6.49. The second kappa shape index (κ2) is 4.90. The van der Waals surface area contributed by atoms with Crippen molar-refractivity contribution < 1.29 is 0 Å². The third-order valence-corrected chi connectivity index (χ3v) is 3.45. The fourth-order valence-electron chi connectivity index (χ4n) is 2.14. The molecule has 0 amide bonds. The lowest BCUT2D eigenvalue weighted by Crippen LogP contribution is -1.94. The molecule has 0 saturated carbocycles. The van der Waals surface area contributed by atoms with Crippen LogP contribution in [-0.4, -0.2) is 4.98 Å². The van der Waals surface area contributed by atoms with Crippen molar-refractivity contribution in [3.8, 4) is 0 Å². The molecule has 2 aromatic carbocycles. The van der Waals surface area contributed by atoms with E-state index in [-0.39, 0.29) is 0 Å². The summed E-state index contributed by atoms with van der Waals surface area (Å²) in [4.78, 5) is 4.43. The van der Waals surface area contributed by atoms with Crippen LogP contribution in [0.3, 0.4) is 0 Å². The Labute approximate surface area is 117 Å². The van der Waals surface area contributed by atoms with Gasteiger partial charge in [0.1, 0.15) is 0 Å². The number of hydrogen-bond donors (Lipinski definition) is 1. The smallest absolute Gasteiger partial charge is 0.0751 e. The molecule has 0 bridgehead atoms. The number of aryl methyl sites for hydroxylation is 1. The Kier molecular flexibility index (Phi) is 3.10. The van der Waals surface area contributed by atoms with E-state index in [1.807, 2.05) is 42.6 Å². The van der Waals surface area contributed by atoms with Crippen LogP contribution in [0.25, 0.3) is 10.9 Å². The summed E-state index contributed by atoms with van der Waals surface area (Å²) in [6.07, 6.45) is 1.81. The molecule has 0 aliphatic heterocycles. The number of rotatable bonds is 2. The Bertz CT molecular complexity index is 738. The molecule has 3 rings (SSSR count). The fourth-order valence-corrected chi connectivity index (χ4v) is 2.32. The molecule has 1 heterocycles. The minimum atomic E-state index is 0.708. The maximum atomic E-state index is 6.18. The average Bonchev–Trinajstić information content (AvgIpc) is 2.42. The molecule has 0 aliphatic carbocycles. The Balaban J connectivity index is 2.12. The molecule has 0 atom stereocenters. The lowest BCUT2D eigenvalue weighted by Gasteiger charge is -2.11. The zero-order chi connectivity index (χ0) is 13.2. The van der Waals surface area contributed by atoms with Crippen molar-refractivity contribution in [3.63, 3.8) is 0 Å². The summed E-state index contributed by atoms with van der Waals surface area (Å²) >= 11 is 6.18. The molecular weight excluding hydrogens is 256 g/mol. The summed E-state index contributed by atoms with van der Waals surface area (Å²) in [5.74, 6) is 0. The molecule has 2 nitrogen and oxygen atoms in total. The van der Waals surface area contributed by atoms with Crippen molar-refractivity contribution >= 4 is 33.9 Å². The van der Waals surface area contributed by atoms with Gasteiger partial charge in [0.25, 0.3) is 0 Å². The van der Waals surface area contributed by atoms with E-state index < -0.39 is 0 Å². The number of hydrogen-bond acceptors (Lipinski definition) is 2. The minimum Gasteiger partial charge on any atom is -0.354 e. The summed E-state index contributed by atoms with van der Waals surface area (Å²) in [5.41, 5.74) is 4.10. The summed E-state index contributed by atoms with van der Waals surface area (Å²) in [5, 5.41) is 5.18. The van der Waals surface area contributed by atoms with Crippen LogP contribution in [0.5, 0.6) is 0 Å². The fraction of sp³-hybridized carbons (Fsp3) is 0.0625. The van der Waals surface area contributed by atoms with E-state index in [9.17, 15) is 0 Å². The third kappa shape index (κ3) is 2.27. The lowest BCUT2D eigenvalue weighted by atomic mass is 10.1. The van der Waals surface area contributed by atoms with Crippen LogP contribution < -0.4 is 5.32 Å². The first-order chi connectivity index (χ1) is 9.25. The van der Waals surface area contributed by atoms with Gasteiger partial charge in [0.05, 0.1) is 16.2 Å². The van der Waals surface area contributed by atoms with Crippen molar-refractivity contribution in [1.29, 1.82) is 0 Å². The molecule has 0 saturated heterocycles. The molecular formula is C16H13ClN2. The van der Waals surface area contributed by atoms with Crippen molar-refractivity contribution in [3.05, 3.63) is 65.3 Å². The highest BCUT2D eigenvalue weighted by Crippen LogP contribution is 2.29. The van der Waals surface area contributed by atoms with Crippen LogP contribution in [-0.2, 0) is 0 Å². The first kappa shape index (κ1) is 12.0. The molecule has 0 aliphatic rings. The van der Waals surface area contributed by atoms with Crippen LogP contribution in [0.2, 0.25) is 5.02 Å². The van der Waals surface area contributed by atoms with E-state index in [0.29, 0.717) is 5.02 Å². The number of fused-ring (bicyclic) bond motifs is 1. The molecule has 0 radical (unpaired) electrons. The van der Waals surface area contributed by atoms with Gasteiger partial charge in [-0.1, -0.05) is 41.9 Å².